The van der Waals surface area contributed by atoms with Gasteiger partial charge >= 0.3 is 6.03 Å². The Balaban J connectivity index is 1.80. The number of halogens is 1. The molecule has 0 bridgehead atoms. The van der Waals surface area contributed by atoms with Gasteiger partial charge in [-0.3, -0.25) is 0 Å². The van der Waals surface area contributed by atoms with Crippen LogP contribution in [-0.2, 0) is 0 Å². The molecule has 0 radical (unpaired) electrons. The number of nitrogens with one attached hydrogen (secondary N) is 2. The Morgan fingerprint density at radius 1 is 1.43 bits per heavy atom. The summed E-state index contributed by atoms with van der Waals surface area (Å²) in [6.45, 7) is 0. The molecule has 0 aromatic rings. The van der Waals surface area contributed by atoms with Crippen LogP contribution in [0, 0.1) is 0 Å². The summed E-state index contributed by atoms with van der Waals surface area (Å²) in [6.07, 6.45) is 3.71. The minimum atomic E-state index is 0.0193. The second kappa shape index (κ2) is 4.75. The van der Waals surface area contributed by atoms with Crippen molar-refractivity contribution in [3.8, 4) is 0 Å². The van der Waals surface area contributed by atoms with Crippen LogP contribution < -0.4 is 10.6 Å². The summed E-state index contributed by atoms with van der Waals surface area (Å²) in [7, 11) is 0. The predicted molar refractivity (Wildman–Crippen MR) is 63.1 cm³/mol. The number of alkyl halides is 1. The quantitative estimate of drug-likeness (QED) is 0.467. The van der Waals surface area contributed by atoms with E-state index in [0.29, 0.717) is 17.3 Å². The van der Waals surface area contributed by atoms with Crippen molar-refractivity contribution in [2.24, 2.45) is 0 Å². The zero-order valence-corrected chi connectivity index (χ0v) is 10.4. The maximum absolute atomic E-state index is 11.1. The van der Waals surface area contributed by atoms with Gasteiger partial charge in [-0.25, -0.2) is 4.79 Å². The second-order valence-electron chi connectivity index (χ2n) is 3.81. The third-order valence-electron chi connectivity index (χ3n) is 2.81. The van der Waals surface area contributed by atoms with Gasteiger partial charge < -0.3 is 10.6 Å². The summed E-state index contributed by atoms with van der Waals surface area (Å²) < 4.78 is 0. The molecule has 3 unspecified atom stereocenters. The summed E-state index contributed by atoms with van der Waals surface area (Å²) in [6, 6.07) is 0.773. The van der Waals surface area contributed by atoms with E-state index in [1.54, 1.807) is 0 Å². The van der Waals surface area contributed by atoms with Gasteiger partial charge in [-0.2, -0.15) is 11.8 Å². The molecule has 2 amide bonds. The number of thioether (sulfide) groups is 1. The molecule has 5 heteroatoms. The largest absolute Gasteiger partial charge is 0.332 e. The standard InChI is InChI=1S/C9H15BrN2OS/c10-4-2-1-3-7-8-6(5-14-7)11-9(13)12-8/h6-8H,1-5H2,(H2,11,12,13). The van der Waals surface area contributed by atoms with Crippen LogP contribution >= 0.6 is 27.7 Å². The minimum absolute atomic E-state index is 0.0193. The van der Waals surface area contributed by atoms with Crippen molar-refractivity contribution in [3.05, 3.63) is 0 Å². The van der Waals surface area contributed by atoms with Crippen molar-refractivity contribution in [2.75, 3.05) is 11.1 Å². The molecular formula is C9H15BrN2OS. The van der Waals surface area contributed by atoms with Gasteiger partial charge in [-0.05, 0) is 12.8 Å². The lowest BCUT2D eigenvalue weighted by Crippen LogP contribution is -2.36. The Kier molecular flexibility index (Phi) is 3.60. The molecule has 0 aliphatic carbocycles. The second-order valence-corrected chi connectivity index (χ2v) is 5.87. The fourth-order valence-corrected chi connectivity index (χ4v) is 4.02. The Morgan fingerprint density at radius 3 is 3.07 bits per heavy atom. The third-order valence-corrected chi connectivity index (χ3v) is 4.88. The summed E-state index contributed by atoms with van der Waals surface area (Å²) in [5, 5.41) is 7.68. The predicted octanol–water partition coefficient (Wildman–Crippen LogP) is 1.72. The van der Waals surface area contributed by atoms with E-state index in [-0.39, 0.29) is 6.03 Å². The Morgan fingerprint density at radius 2 is 2.29 bits per heavy atom. The van der Waals surface area contributed by atoms with Crippen LogP contribution in [0.3, 0.4) is 0 Å². The smallest absolute Gasteiger partial charge is 0.315 e. The number of urea groups is 1. The summed E-state index contributed by atoms with van der Waals surface area (Å²) in [5.41, 5.74) is 0. The molecule has 2 heterocycles. The molecule has 2 aliphatic rings. The van der Waals surface area contributed by atoms with E-state index >= 15 is 0 Å². The highest BCUT2D eigenvalue weighted by atomic mass is 79.9. The van der Waals surface area contributed by atoms with Crippen LogP contribution in [0.1, 0.15) is 19.3 Å². The van der Waals surface area contributed by atoms with Crippen LogP contribution in [-0.4, -0.2) is 34.4 Å². The van der Waals surface area contributed by atoms with Gasteiger partial charge in [0.2, 0.25) is 0 Å². The maximum Gasteiger partial charge on any atom is 0.315 e. The fourth-order valence-electron chi connectivity index (χ4n) is 2.08. The number of hydrogen-bond donors (Lipinski definition) is 2. The van der Waals surface area contributed by atoms with Gasteiger partial charge in [-0.1, -0.05) is 22.4 Å². The first-order chi connectivity index (χ1) is 6.81. The Labute approximate surface area is 96.9 Å². The topological polar surface area (TPSA) is 41.1 Å². The summed E-state index contributed by atoms with van der Waals surface area (Å²) >= 11 is 5.43. The number of unbranched alkanes of at least 4 members (excludes halogenated alkanes) is 1. The molecule has 2 aliphatic heterocycles. The van der Waals surface area contributed by atoms with Crippen molar-refractivity contribution >= 4 is 33.7 Å². The lowest BCUT2D eigenvalue weighted by Gasteiger charge is -2.15. The molecule has 2 saturated heterocycles. The van der Waals surface area contributed by atoms with E-state index in [1.807, 2.05) is 11.8 Å². The molecule has 0 aromatic heterocycles. The first kappa shape index (κ1) is 10.6. The molecule has 2 rings (SSSR count). The molecule has 0 aromatic carbocycles. The number of hydrogen-bond acceptors (Lipinski definition) is 2. The number of carbonyl (C=O) groups excluding carboxylic acids is 1. The number of fused-ring (bicyclic) bond motifs is 1. The molecule has 3 nitrogen and oxygen atoms in total. The van der Waals surface area contributed by atoms with Crippen molar-refractivity contribution in [1.82, 2.24) is 10.6 Å². The molecular weight excluding hydrogens is 264 g/mol. The molecule has 2 fully saturated rings. The molecule has 0 spiro atoms. The number of amides is 2. The minimum Gasteiger partial charge on any atom is -0.332 e. The Bertz CT molecular complexity index is 227. The maximum atomic E-state index is 11.1. The molecule has 0 saturated carbocycles. The van der Waals surface area contributed by atoms with Crippen molar-refractivity contribution < 1.29 is 4.79 Å². The molecule has 3 atom stereocenters. The van der Waals surface area contributed by atoms with E-state index in [0.717, 1.165) is 11.1 Å². The van der Waals surface area contributed by atoms with Gasteiger partial charge in [-0.15, -0.1) is 0 Å². The van der Waals surface area contributed by atoms with Crippen LogP contribution in [0.5, 0.6) is 0 Å². The number of rotatable bonds is 4. The van der Waals surface area contributed by atoms with Crippen LogP contribution in [0.4, 0.5) is 4.79 Å². The summed E-state index contributed by atoms with van der Waals surface area (Å²) in [5.74, 6) is 1.07. The number of carbonyl (C=O) groups is 1. The lowest BCUT2D eigenvalue weighted by molar-refractivity contribution is 0.247. The van der Waals surface area contributed by atoms with Gasteiger partial charge in [0.1, 0.15) is 0 Å². The van der Waals surface area contributed by atoms with Crippen LogP contribution in [0.15, 0.2) is 0 Å². The SMILES string of the molecule is O=C1NC2CSC(CCCCBr)C2N1. The zero-order valence-electron chi connectivity index (χ0n) is 7.96. The normalized spacial score (nSPS) is 35.2. The van der Waals surface area contributed by atoms with Crippen molar-refractivity contribution in [1.29, 1.82) is 0 Å². The fraction of sp³-hybridized carbons (Fsp3) is 0.889. The zero-order chi connectivity index (χ0) is 9.97. The van der Waals surface area contributed by atoms with Gasteiger partial charge in [0.25, 0.3) is 0 Å². The van der Waals surface area contributed by atoms with E-state index in [9.17, 15) is 4.79 Å². The van der Waals surface area contributed by atoms with Crippen molar-refractivity contribution in [3.63, 3.8) is 0 Å². The first-order valence-corrected chi connectivity index (χ1v) is 7.23. The van der Waals surface area contributed by atoms with E-state index < -0.39 is 0 Å². The summed E-state index contributed by atoms with van der Waals surface area (Å²) in [4.78, 5) is 11.1. The highest BCUT2D eigenvalue weighted by Gasteiger charge is 2.42. The first-order valence-electron chi connectivity index (χ1n) is 5.06. The van der Waals surface area contributed by atoms with E-state index in [2.05, 4.69) is 26.6 Å². The van der Waals surface area contributed by atoms with Crippen LogP contribution in [0.25, 0.3) is 0 Å². The van der Waals surface area contributed by atoms with Gasteiger partial charge in [0.15, 0.2) is 0 Å². The van der Waals surface area contributed by atoms with E-state index in [4.69, 9.17) is 0 Å². The highest BCUT2D eigenvalue weighted by Crippen LogP contribution is 2.32. The van der Waals surface area contributed by atoms with Gasteiger partial charge in [0, 0.05) is 16.3 Å². The molecule has 14 heavy (non-hydrogen) atoms. The van der Waals surface area contributed by atoms with Gasteiger partial charge in [0.05, 0.1) is 12.1 Å². The highest BCUT2D eigenvalue weighted by molar-refractivity contribution is 9.09. The average molecular weight is 279 g/mol. The van der Waals surface area contributed by atoms with E-state index in [1.165, 1.54) is 19.3 Å². The Hall–Kier alpha value is 0.1000. The molecule has 80 valence electrons. The lowest BCUT2D eigenvalue weighted by atomic mass is 10.0. The van der Waals surface area contributed by atoms with Crippen molar-refractivity contribution in [2.45, 2.75) is 36.6 Å². The van der Waals surface area contributed by atoms with Crippen LogP contribution in [0.2, 0.25) is 0 Å². The third kappa shape index (κ3) is 2.19. The molecule has 2 N–H and O–H groups in total. The average Bonchev–Trinajstić information content (AvgIpc) is 2.66. The monoisotopic (exact) mass is 278 g/mol.